The van der Waals surface area contributed by atoms with Gasteiger partial charge in [0.15, 0.2) is 0 Å². The number of hydrogen-bond acceptors (Lipinski definition) is 6. The number of nitrogens with zero attached hydrogens (tertiary/aromatic N) is 6. The molecule has 2 aliphatic rings. The molecule has 1 atom stereocenters. The maximum atomic E-state index is 14.3. The highest BCUT2D eigenvalue weighted by Gasteiger charge is 2.45. The molecule has 8 nitrogen and oxygen atoms in total. The van der Waals surface area contributed by atoms with Crippen LogP contribution in [0.3, 0.4) is 0 Å². The van der Waals surface area contributed by atoms with Crippen LogP contribution in [0.1, 0.15) is 41.9 Å². The second kappa shape index (κ2) is 6.56. The van der Waals surface area contributed by atoms with Crippen LogP contribution in [0, 0.1) is 11.7 Å². The fourth-order valence-electron chi connectivity index (χ4n) is 4.54. The smallest absolute Gasteiger partial charge is 0.319 e. The quantitative estimate of drug-likeness (QED) is 0.536. The molecule has 1 aliphatic carbocycles. The Morgan fingerprint density at radius 2 is 2.13 bits per heavy atom. The molecule has 0 radical (unpaired) electrons. The average molecular weight is 429 g/mol. The van der Waals surface area contributed by atoms with Crippen molar-refractivity contribution in [2.45, 2.75) is 37.6 Å². The summed E-state index contributed by atoms with van der Waals surface area (Å²) in [6, 6.07) is 4.48. The molecule has 0 spiro atoms. The summed E-state index contributed by atoms with van der Waals surface area (Å²) in [5.41, 5.74) is 2.68. The van der Waals surface area contributed by atoms with Crippen molar-refractivity contribution in [2.24, 2.45) is 5.92 Å². The topological polar surface area (TPSA) is 88.1 Å². The molecule has 1 saturated carbocycles. The van der Waals surface area contributed by atoms with E-state index in [-0.39, 0.29) is 30.6 Å². The highest BCUT2D eigenvalue weighted by molar-refractivity contribution is 5.52. The lowest BCUT2D eigenvalue weighted by Gasteiger charge is -2.34. The largest absolute Gasteiger partial charge is 0.408 e. The first kappa shape index (κ1) is 18.4. The predicted molar refractivity (Wildman–Crippen MR) is 102 cm³/mol. The molecule has 1 aliphatic heterocycles. The summed E-state index contributed by atoms with van der Waals surface area (Å²) in [4.78, 5) is 9.49. The molecule has 0 bridgehead atoms. The van der Waals surface area contributed by atoms with Gasteiger partial charge in [0.25, 0.3) is 0 Å². The number of rotatable bonds is 4. The lowest BCUT2D eigenvalue weighted by atomic mass is 9.79. The summed E-state index contributed by atoms with van der Waals surface area (Å²) in [6.07, 6.45) is 4.00. The van der Waals surface area contributed by atoms with Gasteiger partial charge in [-0.1, -0.05) is 5.10 Å². The van der Waals surface area contributed by atoms with E-state index in [9.17, 15) is 13.2 Å². The van der Waals surface area contributed by atoms with E-state index in [4.69, 9.17) is 4.42 Å². The summed E-state index contributed by atoms with van der Waals surface area (Å²) < 4.78 is 47.9. The van der Waals surface area contributed by atoms with E-state index in [1.807, 2.05) is 4.90 Å². The van der Waals surface area contributed by atoms with Gasteiger partial charge >= 0.3 is 6.01 Å². The van der Waals surface area contributed by atoms with Gasteiger partial charge < -0.3 is 14.3 Å². The minimum absolute atomic E-state index is 0.152. The fourth-order valence-corrected chi connectivity index (χ4v) is 4.54. The zero-order valence-corrected chi connectivity index (χ0v) is 16.3. The van der Waals surface area contributed by atoms with E-state index < -0.39 is 12.0 Å². The third-order valence-corrected chi connectivity index (χ3v) is 6.01. The molecule has 11 heteroatoms. The zero-order chi connectivity index (χ0) is 21.2. The van der Waals surface area contributed by atoms with Crippen molar-refractivity contribution >= 4 is 11.5 Å². The number of halogens is 3. The molecule has 31 heavy (non-hydrogen) atoms. The maximum absolute atomic E-state index is 14.3. The van der Waals surface area contributed by atoms with Gasteiger partial charge in [-0.15, -0.1) is 5.10 Å². The van der Waals surface area contributed by atoms with Crippen LogP contribution in [0.15, 0.2) is 35.1 Å². The summed E-state index contributed by atoms with van der Waals surface area (Å²) >= 11 is 0. The molecule has 6 rings (SSSR count). The molecule has 0 saturated heterocycles. The number of aromatic amines is 1. The monoisotopic (exact) mass is 429 g/mol. The number of aromatic nitrogens is 6. The molecular formula is C20H18F3N7O. The Balaban J connectivity index is 1.35. The van der Waals surface area contributed by atoms with E-state index in [0.29, 0.717) is 36.5 Å². The Labute approximate surface area is 174 Å². The lowest BCUT2D eigenvalue weighted by Crippen LogP contribution is -2.37. The van der Waals surface area contributed by atoms with Crippen LogP contribution in [-0.2, 0) is 12.8 Å². The van der Waals surface area contributed by atoms with Crippen LogP contribution >= 0.6 is 0 Å². The summed E-state index contributed by atoms with van der Waals surface area (Å²) in [7, 11) is 0. The van der Waals surface area contributed by atoms with Gasteiger partial charge in [0.1, 0.15) is 17.4 Å². The normalized spacial score (nSPS) is 20.7. The van der Waals surface area contributed by atoms with Crippen LogP contribution < -0.4 is 4.90 Å². The third-order valence-electron chi connectivity index (χ3n) is 6.01. The van der Waals surface area contributed by atoms with Gasteiger partial charge in [-0.25, -0.2) is 22.7 Å². The first-order valence-electron chi connectivity index (χ1n) is 10.1. The second-order valence-electron chi connectivity index (χ2n) is 8.18. The van der Waals surface area contributed by atoms with E-state index in [1.165, 1.54) is 10.6 Å². The molecular weight excluding hydrogens is 411 g/mol. The van der Waals surface area contributed by atoms with Crippen molar-refractivity contribution in [1.29, 1.82) is 0 Å². The molecule has 4 aromatic heterocycles. The number of nitrogens with one attached hydrogen (secondary N) is 1. The maximum Gasteiger partial charge on any atom is 0.319 e. The third kappa shape index (κ3) is 3.06. The highest BCUT2D eigenvalue weighted by atomic mass is 19.3. The van der Waals surface area contributed by atoms with Gasteiger partial charge in [0.05, 0.1) is 17.7 Å². The van der Waals surface area contributed by atoms with Crippen molar-refractivity contribution < 1.29 is 17.6 Å². The van der Waals surface area contributed by atoms with Gasteiger partial charge in [-0.05, 0) is 24.1 Å². The van der Waals surface area contributed by atoms with Crippen molar-refractivity contribution in [3.8, 4) is 0 Å². The Morgan fingerprint density at radius 1 is 1.26 bits per heavy atom. The lowest BCUT2D eigenvalue weighted by molar-refractivity contribution is -0.110. The first-order valence-corrected chi connectivity index (χ1v) is 10.1. The number of alkyl halides is 2. The van der Waals surface area contributed by atoms with Gasteiger partial charge in [0.2, 0.25) is 11.8 Å². The first-order chi connectivity index (χ1) is 15.0. The SMILES string of the molecule is Fc1cccn2nc([C@H]3c4nc[nH]c4CCN3c3nnc(CC4CC(F)(F)C4)o3)cc12. The molecule has 0 aromatic carbocycles. The van der Waals surface area contributed by atoms with Crippen LogP contribution in [-0.4, -0.2) is 42.2 Å². The van der Waals surface area contributed by atoms with Gasteiger partial charge in [-0.3, -0.25) is 0 Å². The van der Waals surface area contributed by atoms with Crippen molar-refractivity contribution in [1.82, 2.24) is 29.8 Å². The minimum Gasteiger partial charge on any atom is -0.408 e. The second-order valence-corrected chi connectivity index (χ2v) is 8.18. The van der Waals surface area contributed by atoms with Crippen LogP contribution in [0.4, 0.5) is 19.2 Å². The van der Waals surface area contributed by atoms with E-state index in [2.05, 4.69) is 25.3 Å². The molecule has 1 N–H and O–H groups in total. The summed E-state index contributed by atoms with van der Waals surface area (Å²) in [5.74, 6) is -2.77. The summed E-state index contributed by atoms with van der Waals surface area (Å²) in [6.45, 7) is 0.555. The Hall–Kier alpha value is -3.37. The Bertz CT molecular complexity index is 1250. The van der Waals surface area contributed by atoms with E-state index >= 15 is 0 Å². The Kier molecular flexibility index (Phi) is 3.90. The number of imidazole rings is 1. The van der Waals surface area contributed by atoms with Crippen LogP contribution in [0.5, 0.6) is 0 Å². The van der Waals surface area contributed by atoms with Gasteiger partial charge in [0, 0.05) is 44.1 Å². The molecule has 5 heterocycles. The average Bonchev–Trinajstić information content (AvgIpc) is 3.45. The van der Waals surface area contributed by atoms with E-state index in [1.54, 1.807) is 24.7 Å². The number of H-pyrrole nitrogens is 1. The summed E-state index contributed by atoms with van der Waals surface area (Å²) in [5, 5.41) is 12.8. The fraction of sp³-hybridized carbons (Fsp3) is 0.400. The predicted octanol–water partition coefficient (Wildman–Crippen LogP) is 3.32. The number of pyridine rings is 1. The zero-order valence-electron chi connectivity index (χ0n) is 16.3. The van der Waals surface area contributed by atoms with E-state index in [0.717, 1.165) is 11.4 Å². The number of hydrogen-bond donors (Lipinski definition) is 1. The van der Waals surface area contributed by atoms with Crippen LogP contribution in [0.25, 0.3) is 5.52 Å². The Morgan fingerprint density at radius 3 is 2.94 bits per heavy atom. The molecule has 4 aromatic rings. The molecule has 0 unspecified atom stereocenters. The highest BCUT2D eigenvalue weighted by Crippen LogP contribution is 2.44. The van der Waals surface area contributed by atoms with Crippen molar-refractivity contribution in [3.63, 3.8) is 0 Å². The molecule has 0 amide bonds. The van der Waals surface area contributed by atoms with Gasteiger partial charge in [-0.2, -0.15) is 5.10 Å². The number of anilines is 1. The minimum atomic E-state index is -2.58. The van der Waals surface area contributed by atoms with Crippen molar-refractivity contribution in [2.75, 3.05) is 11.4 Å². The standard InChI is InChI=1S/C20H18F3N7O/c21-12-2-1-4-30-15(12)7-14(28-30)18-17-13(24-10-25-17)3-5-29(18)19-27-26-16(31-19)6-11-8-20(22,23)9-11/h1-2,4,7,10-11,18H,3,5-6,8-9H2,(H,24,25)/t18-/m0/s1. The van der Waals surface area contributed by atoms with Crippen LogP contribution in [0.2, 0.25) is 0 Å². The van der Waals surface area contributed by atoms with Crippen molar-refractivity contribution in [3.05, 3.63) is 59.5 Å². The molecule has 1 fully saturated rings. The number of fused-ring (bicyclic) bond motifs is 2. The molecule has 160 valence electrons.